The minimum atomic E-state index is -0.434. The zero-order valence-corrected chi connectivity index (χ0v) is 29.5. The van der Waals surface area contributed by atoms with Crippen molar-refractivity contribution in [2.45, 2.75) is 64.8 Å². The number of methoxy groups -OCH3 is 1. The second kappa shape index (κ2) is 16.3. The SMILES string of the molecule is COc1ccc(OC(=O)N2CCc3c([nH]c4ccc(O)cc34)C2C2C=CC(OCC(=O)C3=CCCN(CCCCC=C(C)C)CC3)=CC2)cc1. The number of aromatic amines is 1. The largest absolute Gasteiger partial charge is 0.508 e. The molecular formula is C41H49N3O6. The van der Waals surface area contributed by atoms with Gasteiger partial charge in [-0.3, -0.25) is 9.69 Å². The Balaban J connectivity index is 1.08. The Morgan fingerprint density at radius 3 is 2.58 bits per heavy atom. The molecule has 1 aromatic heterocycles. The van der Waals surface area contributed by atoms with Crippen molar-refractivity contribution in [3.05, 3.63) is 101 Å². The first kappa shape index (κ1) is 35.1. The highest BCUT2D eigenvalue weighted by atomic mass is 16.6. The Morgan fingerprint density at radius 1 is 1.00 bits per heavy atom. The Labute approximate surface area is 294 Å². The summed E-state index contributed by atoms with van der Waals surface area (Å²) in [4.78, 5) is 34.7. The van der Waals surface area contributed by atoms with Gasteiger partial charge in [-0.25, -0.2) is 4.79 Å². The molecule has 0 radical (unpaired) electrons. The Kier molecular flexibility index (Phi) is 11.4. The molecule has 9 heteroatoms. The smallest absolute Gasteiger partial charge is 0.415 e. The fourth-order valence-electron chi connectivity index (χ4n) is 7.22. The molecule has 0 spiro atoms. The van der Waals surface area contributed by atoms with Crippen molar-refractivity contribution >= 4 is 22.8 Å². The minimum absolute atomic E-state index is 0.00871. The maximum atomic E-state index is 13.7. The van der Waals surface area contributed by atoms with Crippen LogP contribution in [0.3, 0.4) is 0 Å². The number of allylic oxidation sites excluding steroid dienone is 4. The fourth-order valence-corrected chi connectivity index (χ4v) is 7.22. The molecule has 0 saturated carbocycles. The van der Waals surface area contributed by atoms with Crippen LogP contribution in [-0.2, 0) is 16.0 Å². The summed E-state index contributed by atoms with van der Waals surface area (Å²) in [6.07, 6.45) is 16.3. The molecule has 2 unspecified atom stereocenters. The number of fused-ring (bicyclic) bond motifs is 3. The first-order chi connectivity index (χ1) is 24.3. The number of unbranched alkanes of at least 4 members (excludes halogenated alkanes) is 2. The van der Waals surface area contributed by atoms with Crippen LogP contribution in [0, 0.1) is 5.92 Å². The summed E-state index contributed by atoms with van der Waals surface area (Å²) in [5.74, 6) is 1.95. The molecule has 1 aliphatic carbocycles. The molecule has 0 bridgehead atoms. The zero-order chi connectivity index (χ0) is 35.0. The van der Waals surface area contributed by atoms with E-state index in [2.05, 4.69) is 42.0 Å². The molecule has 0 saturated heterocycles. The molecule has 50 heavy (non-hydrogen) atoms. The number of hydrogen-bond donors (Lipinski definition) is 2. The van der Waals surface area contributed by atoms with E-state index in [1.165, 1.54) is 18.4 Å². The Morgan fingerprint density at radius 2 is 1.82 bits per heavy atom. The number of H-pyrrole nitrogens is 1. The quantitative estimate of drug-likeness (QED) is 0.147. The molecule has 2 aliphatic heterocycles. The molecular weight excluding hydrogens is 630 g/mol. The normalized spacial score (nSPS) is 19.2. The molecule has 3 aliphatic rings. The lowest BCUT2D eigenvalue weighted by Crippen LogP contribution is -2.44. The number of amides is 1. The summed E-state index contributed by atoms with van der Waals surface area (Å²) in [6.45, 7) is 7.72. The van der Waals surface area contributed by atoms with Gasteiger partial charge in [-0.1, -0.05) is 23.8 Å². The van der Waals surface area contributed by atoms with E-state index >= 15 is 0 Å². The van der Waals surface area contributed by atoms with Gasteiger partial charge in [0.15, 0.2) is 12.4 Å². The summed E-state index contributed by atoms with van der Waals surface area (Å²) >= 11 is 0. The van der Waals surface area contributed by atoms with Gasteiger partial charge in [-0.15, -0.1) is 0 Å². The zero-order valence-electron chi connectivity index (χ0n) is 29.5. The van der Waals surface area contributed by atoms with Gasteiger partial charge >= 0.3 is 6.09 Å². The van der Waals surface area contributed by atoms with Crippen LogP contribution in [0.4, 0.5) is 4.79 Å². The van der Waals surface area contributed by atoms with Crippen LogP contribution in [0.1, 0.15) is 69.7 Å². The van der Waals surface area contributed by atoms with Crippen molar-refractivity contribution in [1.29, 1.82) is 0 Å². The van der Waals surface area contributed by atoms with Crippen molar-refractivity contribution in [3.63, 3.8) is 0 Å². The number of phenols is 1. The van der Waals surface area contributed by atoms with Crippen molar-refractivity contribution in [1.82, 2.24) is 14.8 Å². The molecule has 0 fully saturated rings. The van der Waals surface area contributed by atoms with E-state index < -0.39 is 6.09 Å². The summed E-state index contributed by atoms with van der Waals surface area (Å²) < 4.78 is 17.1. The summed E-state index contributed by atoms with van der Waals surface area (Å²) in [6, 6.07) is 11.9. The molecule has 264 valence electrons. The number of ether oxygens (including phenoxy) is 3. The number of aromatic nitrogens is 1. The van der Waals surface area contributed by atoms with Crippen LogP contribution in [0.25, 0.3) is 10.9 Å². The molecule has 3 aromatic rings. The maximum absolute atomic E-state index is 13.7. The van der Waals surface area contributed by atoms with Gasteiger partial charge in [-0.05, 0) is 131 Å². The molecule has 9 nitrogen and oxygen atoms in total. The van der Waals surface area contributed by atoms with Crippen LogP contribution in [0.5, 0.6) is 17.2 Å². The average molecular weight is 680 g/mol. The molecule has 2 N–H and O–H groups in total. The monoisotopic (exact) mass is 679 g/mol. The van der Waals surface area contributed by atoms with Crippen LogP contribution in [0.15, 0.2) is 89.8 Å². The van der Waals surface area contributed by atoms with Crippen molar-refractivity contribution in [2.75, 3.05) is 39.9 Å². The Hall–Kier alpha value is -4.76. The van der Waals surface area contributed by atoms with Gasteiger partial charge in [0.05, 0.1) is 13.2 Å². The second-order valence-corrected chi connectivity index (χ2v) is 13.6. The van der Waals surface area contributed by atoms with E-state index in [1.807, 2.05) is 18.2 Å². The molecule has 3 heterocycles. The number of hydrogen-bond acceptors (Lipinski definition) is 7. The number of nitrogens with one attached hydrogen (secondary N) is 1. The molecule has 6 rings (SSSR count). The molecule has 1 amide bonds. The second-order valence-electron chi connectivity index (χ2n) is 13.6. The number of carbonyl (C=O) groups is 2. The lowest BCUT2D eigenvalue weighted by atomic mass is 9.84. The highest BCUT2D eigenvalue weighted by Crippen LogP contribution is 2.42. The summed E-state index contributed by atoms with van der Waals surface area (Å²) in [7, 11) is 1.59. The first-order valence-electron chi connectivity index (χ1n) is 17.8. The van der Waals surface area contributed by atoms with Crippen molar-refractivity contribution in [3.8, 4) is 17.2 Å². The maximum Gasteiger partial charge on any atom is 0.415 e. The average Bonchev–Trinajstić information content (AvgIpc) is 3.31. The number of ketones is 1. The fraction of sp³-hybridized carbons (Fsp3) is 0.415. The molecule has 2 atom stereocenters. The third-order valence-electron chi connectivity index (χ3n) is 9.90. The van der Waals surface area contributed by atoms with E-state index in [0.29, 0.717) is 36.6 Å². The van der Waals surface area contributed by atoms with Gasteiger partial charge in [0.1, 0.15) is 23.0 Å². The number of nitrogens with zero attached hydrogens (tertiary/aromatic N) is 2. The van der Waals surface area contributed by atoms with Crippen LogP contribution < -0.4 is 9.47 Å². The lowest BCUT2D eigenvalue weighted by molar-refractivity contribution is -0.118. The van der Waals surface area contributed by atoms with E-state index in [9.17, 15) is 14.7 Å². The van der Waals surface area contributed by atoms with Crippen molar-refractivity contribution < 1.29 is 28.9 Å². The van der Waals surface area contributed by atoms with Crippen LogP contribution in [0.2, 0.25) is 0 Å². The highest BCUT2D eigenvalue weighted by molar-refractivity contribution is 5.96. The number of aromatic hydroxyl groups is 1. The lowest BCUT2D eigenvalue weighted by Gasteiger charge is -2.39. The van der Waals surface area contributed by atoms with Gasteiger partial charge in [-0.2, -0.15) is 0 Å². The first-order valence-corrected chi connectivity index (χ1v) is 17.8. The van der Waals surface area contributed by atoms with E-state index in [4.69, 9.17) is 14.2 Å². The summed E-state index contributed by atoms with van der Waals surface area (Å²) in [5.41, 5.74) is 5.18. The number of phenolic OH excluding ortho intramolecular Hbond substituents is 1. The molecule has 2 aromatic carbocycles. The van der Waals surface area contributed by atoms with Crippen LogP contribution in [-0.4, -0.2) is 71.7 Å². The highest BCUT2D eigenvalue weighted by Gasteiger charge is 2.39. The number of carbonyl (C=O) groups excluding carboxylic acids is 2. The minimum Gasteiger partial charge on any atom is -0.508 e. The third-order valence-corrected chi connectivity index (χ3v) is 9.90. The topological polar surface area (TPSA) is 104 Å². The van der Waals surface area contributed by atoms with E-state index in [0.717, 1.165) is 66.6 Å². The van der Waals surface area contributed by atoms with Gasteiger partial charge in [0.2, 0.25) is 0 Å². The predicted molar refractivity (Wildman–Crippen MR) is 195 cm³/mol. The number of rotatable bonds is 12. The number of benzene rings is 2. The standard InChI is InChI=1S/C41H49N3O6/c1-28(2)8-5-4-6-22-43-23-7-9-29(20-24-43)38(46)27-49-33-13-10-30(11-14-33)40-39-35(36-26-31(45)12-19-37(36)42-39)21-25-44(40)41(47)50-34-17-15-32(48-3)16-18-34/h8-10,12-19,26,30,40,42,45H,4-7,11,20-25,27H2,1-3H3. The van der Waals surface area contributed by atoms with Crippen LogP contribution >= 0.6 is 0 Å². The van der Waals surface area contributed by atoms with E-state index in [1.54, 1.807) is 48.4 Å². The van der Waals surface area contributed by atoms with E-state index in [-0.39, 0.29) is 30.1 Å². The van der Waals surface area contributed by atoms with Gasteiger partial charge in [0, 0.05) is 42.1 Å². The number of Topliss-reactive ketones (excluding diaryl/α,β-unsaturated/α-hetero) is 1. The third kappa shape index (κ3) is 8.51. The van der Waals surface area contributed by atoms with Gasteiger partial charge in [0.25, 0.3) is 0 Å². The van der Waals surface area contributed by atoms with Crippen molar-refractivity contribution in [2.24, 2.45) is 5.92 Å². The summed E-state index contributed by atoms with van der Waals surface area (Å²) in [5, 5.41) is 11.2. The van der Waals surface area contributed by atoms with Gasteiger partial charge < -0.3 is 29.2 Å². The predicted octanol–water partition coefficient (Wildman–Crippen LogP) is 8.18. The Bertz CT molecular complexity index is 1800.